The molecule has 0 aliphatic carbocycles. The SMILES string of the molecule is N#CC1=CN(c2cc(Cl)cc(Cl)c2)c2cc(F)ccc2S1(=O)=O. The number of hydrogen-bond donors (Lipinski definition) is 0. The van der Waals surface area contributed by atoms with Crippen molar-refractivity contribution in [3.05, 3.63) is 63.4 Å². The van der Waals surface area contributed by atoms with Gasteiger partial charge in [-0.3, -0.25) is 0 Å². The highest BCUT2D eigenvalue weighted by molar-refractivity contribution is 7.95. The number of sulfone groups is 1. The summed E-state index contributed by atoms with van der Waals surface area (Å²) in [6.45, 7) is 0. The largest absolute Gasteiger partial charge is 0.314 e. The number of fused-ring (bicyclic) bond motifs is 1. The van der Waals surface area contributed by atoms with E-state index in [-0.39, 0.29) is 10.6 Å². The van der Waals surface area contributed by atoms with E-state index in [9.17, 15) is 12.8 Å². The van der Waals surface area contributed by atoms with E-state index < -0.39 is 20.6 Å². The number of halogens is 3. The molecule has 2 aromatic rings. The maximum Gasteiger partial charge on any atom is 0.220 e. The molecule has 8 heteroatoms. The molecule has 0 N–H and O–H groups in total. The fourth-order valence-corrected chi connectivity index (χ4v) is 4.06. The van der Waals surface area contributed by atoms with Crippen LogP contribution in [0, 0.1) is 17.1 Å². The Kier molecular flexibility index (Phi) is 3.80. The van der Waals surface area contributed by atoms with Gasteiger partial charge in [0.2, 0.25) is 9.84 Å². The van der Waals surface area contributed by atoms with Crippen LogP contribution in [-0.4, -0.2) is 8.42 Å². The van der Waals surface area contributed by atoms with E-state index in [2.05, 4.69) is 0 Å². The molecule has 0 unspecified atom stereocenters. The standard InChI is InChI=1S/C15H7Cl2FN2O2S/c16-9-3-10(17)5-12(4-9)20-8-13(7-19)23(21,22)15-2-1-11(18)6-14(15)20/h1-6,8H. The van der Waals surface area contributed by atoms with Gasteiger partial charge in [0.1, 0.15) is 11.9 Å². The van der Waals surface area contributed by atoms with E-state index in [1.165, 1.54) is 23.1 Å². The van der Waals surface area contributed by atoms with Gasteiger partial charge in [-0.25, -0.2) is 12.8 Å². The topological polar surface area (TPSA) is 61.2 Å². The number of rotatable bonds is 1. The third-order valence-electron chi connectivity index (χ3n) is 3.24. The molecule has 0 aromatic heterocycles. The van der Waals surface area contributed by atoms with Crippen LogP contribution in [0.25, 0.3) is 0 Å². The molecule has 0 fully saturated rings. The normalized spacial score (nSPS) is 15.6. The van der Waals surface area contributed by atoms with Crippen molar-refractivity contribution >= 4 is 44.4 Å². The Labute approximate surface area is 141 Å². The Morgan fingerprint density at radius 3 is 2.35 bits per heavy atom. The average Bonchev–Trinajstić information content (AvgIpc) is 2.46. The molecule has 116 valence electrons. The van der Waals surface area contributed by atoms with Crippen molar-refractivity contribution in [1.29, 1.82) is 5.26 Å². The third kappa shape index (κ3) is 2.68. The van der Waals surface area contributed by atoms with Gasteiger partial charge < -0.3 is 4.90 Å². The summed E-state index contributed by atoms with van der Waals surface area (Å²) in [7, 11) is -3.99. The number of hydrogen-bond acceptors (Lipinski definition) is 4. The van der Waals surface area contributed by atoms with Gasteiger partial charge in [0.25, 0.3) is 0 Å². The first-order valence-corrected chi connectivity index (χ1v) is 8.49. The second-order valence-electron chi connectivity index (χ2n) is 4.72. The molecule has 0 spiro atoms. The van der Waals surface area contributed by atoms with Crippen LogP contribution >= 0.6 is 23.2 Å². The lowest BCUT2D eigenvalue weighted by Crippen LogP contribution is -2.21. The first kappa shape index (κ1) is 15.8. The monoisotopic (exact) mass is 368 g/mol. The molecular weight excluding hydrogens is 362 g/mol. The van der Waals surface area contributed by atoms with Crippen LogP contribution in [0.2, 0.25) is 10.0 Å². The van der Waals surface area contributed by atoms with Gasteiger partial charge in [0, 0.05) is 21.9 Å². The fraction of sp³-hybridized carbons (Fsp3) is 0. The van der Waals surface area contributed by atoms with Crippen molar-refractivity contribution < 1.29 is 12.8 Å². The molecule has 1 heterocycles. The molecular formula is C15H7Cl2FN2O2S. The maximum absolute atomic E-state index is 13.6. The predicted molar refractivity (Wildman–Crippen MR) is 85.9 cm³/mol. The lowest BCUT2D eigenvalue weighted by atomic mass is 10.2. The van der Waals surface area contributed by atoms with Gasteiger partial charge in [0.15, 0.2) is 4.91 Å². The minimum Gasteiger partial charge on any atom is -0.314 e. The van der Waals surface area contributed by atoms with Crippen molar-refractivity contribution in [2.45, 2.75) is 4.90 Å². The molecule has 2 aromatic carbocycles. The molecule has 0 atom stereocenters. The second-order valence-corrected chi connectivity index (χ2v) is 7.48. The molecule has 1 aliphatic heterocycles. The zero-order valence-electron chi connectivity index (χ0n) is 11.3. The number of nitriles is 1. The fourth-order valence-electron chi connectivity index (χ4n) is 2.26. The molecule has 4 nitrogen and oxygen atoms in total. The highest BCUT2D eigenvalue weighted by Gasteiger charge is 2.32. The first-order valence-electron chi connectivity index (χ1n) is 6.25. The number of anilines is 2. The minimum absolute atomic E-state index is 0.0855. The lowest BCUT2D eigenvalue weighted by molar-refractivity contribution is 0.600. The highest BCUT2D eigenvalue weighted by Crippen LogP contribution is 2.40. The minimum atomic E-state index is -3.99. The van der Waals surface area contributed by atoms with Crippen molar-refractivity contribution in [2.24, 2.45) is 0 Å². The van der Waals surface area contributed by atoms with Gasteiger partial charge >= 0.3 is 0 Å². The Morgan fingerprint density at radius 2 is 1.74 bits per heavy atom. The van der Waals surface area contributed by atoms with Gasteiger partial charge in [-0.2, -0.15) is 5.26 Å². The summed E-state index contributed by atoms with van der Waals surface area (Å²) in [5.41, 5.74) is 0.499. The van der Waals surface area contributed by atoms with Crippen LogP contribution in [0.1, 0.15) is 0 Å². The summed E-state index contributed by atoms with van der Waals surface area (Å²) >= 11 is 11.9. The Balaban J connectivity index is 2.33. The zero-order chi connectivity index (χ0) is 16.8. The van der Waals surface area contributed by atoms with E-state index in [4.69, 9.17) is 28.5 Å². The Hall–Kier alpha value is -2.07. The van der Waals surface area contributed by atoms with Crippen molar-refractivity contribution in [1.82, 2.24) is 0 Å². The summed E-state index contributed by atoms with van der Waals surface area (Å²) < 4.78 is 38.3. The van der Waals surface area contributed by atoms with Crippen molar-refractivity contribution in [2.75, 3.05) is 4.90 Å². The smallest absolute Gasteiger partial charge is 0.220 e. The van der Waals surface area contributed by atoms with Crippen molar-refractivity contribution in [3.8, 4) is 6.07 Å². The zero-order valence-corrected chi connectivity index (χ0v) is 13.6. The van der Waals surface area contributed by atoms with Crippen LogP contribution in [-0.2, 0) is 9.84 Å². The maximum atomic E-state index is 13.6. The molecule has 0 radical (unpaired) electrons. The van der Waals surface area contributed by atoms with Crippen LogP contribution in [0.5, 0.6) is 0 Å². The Bertz CT molecular complexity index is 977. The van der Waals surface area contributed by atoms with E-state index in [0.29, 0.717) is 15.7 Å². The molecule has 0 saturated heterocycles. The first-order chi connectivity index (χ1) is 10.8. The van der Waals surface area contributed by atoms with Crippen LogP contribution in [0.15, 0.2) is 52.4 Å². The second kappa shape index (κ2) is 5.53. The van der Waals surface area contributed by atoms with E-state index >= 15 is 0 Å². The summed E-state index contributed by atoms with van der Waals surface area (Å²) in [6.07, 6.45) is 1.12. The van der Waals surface area contributed by atoms with Crippen LogP contribution in [0.4, 0.5) is 15.8 Å². The molecule has 0 saturated carbocycles. The molecule has 1 aliphatic rings. The Morgan fingerprint density at radius 1 is 1.09 bits per heavy atom. The number of allylic oxidation sites excluding steroid dienone is 1. The van der Waals surface area contributed by atoms with Crippen LogP contribution < -0.4 is 4.90 Å². The average molecular weight is 369 g/mol. The van der Waals surface area contributed by atoms with Crippen LogP contribution in [0.3, 0.4) is 0 Å². The lowest BCUT2D eigenvalue weighted by Gasteiger charge is -2.27. The summed E-state index contributed by atoms with van der Waals surface area (Å²) in [6, 6.07) is 9.46. The van der Waals surface area contributed by atoms with Crippen molar-refractivity contribution in [3.63, 3.8) is 0 Å². The number of nitrogens with zero attached hydrogens (tertiary/aromatic N) is 2. The van der Waals surface area contributed by atoms with E-state index in [1.807, 2.05) is 0 Å². The summed E-state index contributed by atoms with van der Waals surface area (Å²) in [5.74, 6) is -0.606. The quantitative estimate of drug-likeness (QED) is 0.698. The van der Waals surface area contributed by atoms with E-state index in [0.717, 1.165) is 24.4 Å². The summed E-state index contributed by atoms with van der Waals surface area (Å²) in [4.78, 5) is 0.761. The third-order valence-corrected chi connectivity index (χ3v) is 5.38. The highest BCUT2D eigenvalue weighted by atomic mass is 35.5. The molecule has 0 amide bonds. The predicted octanol–water partition coefficient (Wildman–Crippen LogP) is 4.42. The van der Waals surface area contributed by atoms with Gasteiger partial charge in [-0.1, -0.05) is 23.2 Å². The van der Waals surface area contributed by atoms with Gasteiger partial charge in [-0.15, -0.1) is 0 Å². The van der Waals surface area contributed by atoms with E-state index in [1.54, 1.807) is 6.07 Å². The van der Waals surface area contributed by atoms with Gasteiger partial charge in [0.05, 0.1) is 10.6 Å². The summed E-state index contributed by atoms with van der Waals surface area (Å²) in [5, 5.41) is 9.78. The molecule has 3 rings (SSSR count). The molecule has 0 bridgehead atoms. The molecule has 23 heavy (non-hydrogen) atoms. The number of benzene rings is 2. The van der Waals surface area contributed by atoms with Gasteiger partial charge in [-0.05, 0) is 36.4 Å².